The Hall–Kier alpha value is -2.06. The predicted octanol–water partition coefficient (Wildman–Crippen LogP) is 2.69. The Bertz CT molecular complexity index is 930. The van der Waals surface area contributed by atoms with E-state index in [-0.39, 0.29) is 11.8 Å². The first-order valence-electron chi connectivity index (χ1n) is 11.8. The molecule has 2 aliphatic rings. The van der Waals surface area contributed by atoms with Gasteiger partial charge < -0.3 is 19.3 Å². The SMILES string of the molecule is CCN1CCN(C(=O)CC2CCN(C(=O)Cn3c(CSC)nc4ccccc43)CC2)CC1. The average molecular weight is 458 g/mol. The van der Waals surface area contributed by atoms with Gasteiger partial charge in [-0.1, -0.05) is 19.1 Å². The lowest BCUT2D eigenvalue weighted by molar-refractivity contribution is -0.135. The van der Waals surface area contributed by atoms with Crippen molar-refractivity contribution in [3.63, 3.8) is 0 Å². The highest BCUT2D eigenvalue weighted by Gasteiger charge is 2.28. The average Bonchev–Trinajstić information content (AvgIpc) is 3.16. The molecule has 32 heavy (non-hydrogen) atoms. The van der Waals surface area contributed by atoms with Gasteiger partial charge in [0.1, 0.15) is 12.4 Å². The molecular formula is C24H35N5O2S. The van der Waals surface area contributed by atoms with Gasteiger partial charge in [0.25, 0.3) is 0 Å². The number of piperidine rings is 1. The number of thioether (sulfide) groups is 1. The number of hydrogen-bond donors (Lipinski definition) is 0. The standard InChI is InChI=1S/C24H35N5O2S/c1-3-26-12-14-28(15-13-26)23(30)16-19-8-10-27(11-9-19)24(31)17-29-21-7-5-4-6-20(21)25-22(29)18-32-2/h4-7,19H,3,8-18H2,1-2H3. The van der Waals surface area contributed by atoms with E-state index >= 15 is 0 Å². The lowest BCUT2D eigenvalue weighted by Crippen LogP contribution is -2.49. The van der Waals surface area contributed by atoms with E-state index < -0.39 is 0 Å². The molecule has 0 bridgehead atoms. The maximum atomic E-state index is 13.1. The number of likely N-dealkylation sites (tertiary alicyclic amines) is 1. The van der Waals surface area contributed by atoms with Crippen molar-refractivity contribution in [2.24, 2.45) is 5.92 Å². The summed E-state index contributed by atoms with van der Waals surface area (Å²) in [6.07, 6.45) is 4.50. The van der Waals surface area contributed by atoms with Crippen molar-refractivity contribution in [2.45, 2.75) is 38.5 Å². The number of nitrogens with zero attached hydrogens (tertiary/aromatic N) is 5. The Labute approximate surface area is 195 Å². The van der Waals surface area contributed by atoms with E-state index in [9.17, 15) is 9.59 Å². The van der Waals surface area contributed by atoms with Crippen LogP contribution in [0.3, 0.4) is 0 Å². The van der Waals surface area contributed by atoms with Crippen LogP contribution in [0.25, 0.3) is 11.0 Å². The Morgan fingerprint density at radius 2 is 1.69 bits per heavy atom. The summed E-state index contributed by atoms with van der Waals surface area (Å²) in [5.74, 6) is 2.57. The molecule has 2 aromatic rings. The van der Waals surface area contributed by atoms with Crippen molar-refractivity contribution in [1.82, 2.24) is 24.3 Å². The van der Waals surface area contributed by atoms with Crippen LogP contribution in [0.1, 0.15) is 32.0 Å². The van der Waals surface area contributed by atoms with Gasteiger partial charge in [-0.15, -0.1) is 0 Å². The molecule has 2 amide bonds. The smallest absolute Gasteiger partial charge is 0.242 e. The zero-order chi connectivity index (χ0) is 22.5. The van der Waals surface area contributed by atoms with Gasteiger partial charge in [0.05, 0.1) is 16.8 Å². The molecule has 0 atom stereocenters. The Morgan fingerprint density at radius 1 is 1.00 bits per heavy atom. The topological polar surface area (TPSA) is 61.7 Å². The first-order chi connectivity index (χ1) is 15.6. The number of hydrogen-bond acceptors (Lipinski definition) is 5. The fraction of sp³-hybridized carbons (Fsp3) is 0.625. The number of carbonyl (C=O) groups excluding carboxylic acids is 2. The number of amides is 2. The second kappa shape index (κ2) is 10.7. The number of piperazine rings is 1. The van der Waals surface area contributed by atoms with Crippen LogP contribution in [0.15, 0.2) is 24.3 Å². The first-order valence-corrected chi connectivity index (χ1v) is 13.2. The number of carbonyl (C=O) groups is 2. The summed E-state index contributed by atoms with van der Waals surface area (Å²) in [7, 11) is 0. The van der Waals surface area contributed by atoms with Crippen LogP contribution >= 0.6 is 11.8 Å². The van der Waals surface area contributed by atoms with E-state index in [0.29, 0.717) is 18.9 Å². The maximum absolute atomic E-state index is 13.1. The van der Waals surface area contributed by atoms with Crippen LogP contribution in [0.4, 0.5) is 0 Å². The minimum atomic E-state index is 0.149. The van der Waals surface area contributed by atoms with Crippen molar-refractivity contribution < 1.29 is 9.59 Å². The fourth-order valence-electron chi connectivity index (χ4n) is 4.85. The lowest BCUT2D eigenvalue weighted by atomic mass is 9.92. The zero-order valence-electron chi connectivity index (χ0n) is 19.3. The molecular weight excluding hydrogens is 422 g/mol. The third-order valence-corrected chi connectivity index (χ3v) is 7.45. The van der Waals surface area contributed by atoms with Crippen molar-refractivity contribution in [1.29, 1.82) is 0 Å². The van der Waals surface area contributed by atoms with Crippen molar-refractivity contribution in [3.05, 3.63) is 30.1 Å². The number of likely N-dealkylation sites (N-methyl/N-ethyl adjacent to an activating group) is 1. The third kappa shape index (κ3) is 5.29. The molecule has 174 valence electrons. The van der Waals surface area contributed by atoms with E-state index in [0.717, 1.165) is 81.3 Å². The van der Waals surface area contributed by atoms with Gasteiger partial charge >= 0.3 is 0 Å². The van der Waals surface area contributed by atoms with Crippen molar-refractivity contribution >= 4 is 34.6 Å². The molecule has 2 saturated heterocycles. The van der Waals surface area contributed by atoms with Gasteiger partial charge in [0.2, 0.25) is 11.8 Å². The molecule has 2 aliphatic heterocycles. The van der Waals surface area contributed by atoms with Gasteiger partial charge in [0.15, 0.2) is 0 Å². The summed E-state index contributed by atoms with van der Waals surface area (Å²) < 4.78 is 2.07. The second-order valence-corrected chi connectivity index (χ2v) is 9.75. The van der Waals surface area contributed by atoms with Gasteiger partial charge in [-0.05, 0) is 43.7 Å². The molecule has 0 N–H and O–H groups in total. The number of rotatable bonds is 7. The van der Waals surface area contributed by atoms with Crippen LogP contribution in [0.5, 0.6) is 0 Å². The molecule has 0 spiro atoms. The van der Waals surface area contributed by atoms with Gasteiger partial charge in [-0.3, -0.25) is 9.59 Å². The molecule has 2 fully saturated rings. The van der Waals surface area contributed by atoms with E-state index in [1.54, 1.807) is 11.8 Å². The molecule has 8 heteroatoms. The van der Waals surface area contributed by atoms with E-state index in [1.807, 2.05) is 34.1 Å². The van der Waals surface area contributed by atoms with Crippen LogP contribution in [0.2, 0.25) is 0 Å². The van der Waals surface area contributed by atoms with Crippen LogP contribution < -0.4 is 0 Å². The molecule has 0 aliphatic carbocycles. The minimum Gasteiger partial charge on any atom is -0.341 e. The molecule has 4 rings (SSSR count). The molecule has 1 aromatic heterocycles. The molecule has 3 heterocycles. The Morgan fingerprint density at radius 3 is 2.38 bits per heavy atom. The summed E-state index contributed by atoms with van der Waals surface area (Å²) in [6, 6.07) is 8.03. The summed E-state index contributed by atoms with van der Waals surface area (Å²) in [5.41, 5.74) is 1.97. The molecule has 0 saturated carbocycles. The summed E-state index contributed by atoms with van der Waals surface area (Å²) in [5, 5.41) is 0. The zero-order valence-corrected chi connectivity index (χ0v) is 20.1. The lowest BCUT2D eigenvalue weighted by Gasteiger charge is -2.36. The molecule has 1 aromatic carbocycles. The number of imidazole rings is 1. The van der Waals surface area contributed by atoms with Gasteiger partial charge in [-0.25, -0.2) is 4.98 Å². The number of benzene rings is 1. The summed E-state index contributed by atoms with van der Waals surface area (Å²) in [4.78, 5) is 36.9. The molecule has 0 unspecified atom stereocenters. The number of fused-ring (bicyclic) bond motifs is 1. The minimum absolute atomic E-state index is 0.149. The molecule has 7 nitrogen and oxygen atoms in total. The number of aromatic nitrogens is 2. The first kappa shape index (κ1) is 23.1. The fourth-order valence-corrected chi connectivity index (χ4v) is 5.33. The third-order valence-electron chi connectivity index (χ3n) is 6.90. The molecule has 0 radical (unpaired) electrons. The number of para-hydroxylation sites is 2. The quantitative estimate of drug-likeness (QED) is 0.640. The Balaban J connectivity index is 1.29. The monoisotopic (exact) mass is 457 g/mol. The highest BCUT2D eigenvalue weighted by molar-refractivity contribution is 7.97. The van der Waals surface area contributed by atoms with E-state index in [2.05, 4.69) is 22.6 Å². The predicted molar refractivity (Wildman–Crippen MR) is 130 cm³/mol. The van der Waals surface area contributed by atoms with Crippen LogP contribution in [-0.4, -0.2) is 88.1 Å². The summed E-state index contributed by atoms with van der Waals surface area (Å²) in [6.45, 7) is 8.71. The highest BCUT2D eigenvalue weighted by Crippen LogP contribution is 2.24. The van der Waals surface area contributed by atoms with Crippen molar-refractivity contribution in [3.8, 4) is 0 Å². The summed E-state index contributed by atoms with van der Waals surface area (Å²) >= 11 is 1.72. The van der Waals surface area contributed by atoms with Crippen molar-refractivity contribution in [2.75, 3.05) is 52.1 Å². The van der Waals surface area contributed by atoms with Crippen LogP contribution in [-0.2, 0) is 21.9 Å². The largest absolute Gasteiger partial charge is 0.341 e. The highest BCUT2D eigenvalue weighted by atomic mass is 32.2. The van der Waals surface area contributed by atoms with E-state index in [4.69, 9.17) is 4.98 Å². The maximum Gasteiger partial charge on any atom is 0.242 e. The van der Waals surface area contributed by atoms with Gasteiger partial charge in [-0.2, -0.15) is 11.8 Å². The second-order valence-electron chi connectivity index (χ2n) is 8.88. The van der Waals surface area contributed by atoms with Gasteiger partial charge in [0, 0.05) is 45.7 Å². The van der Waals surface area contributed by atoms with E-state index in [1.165, 1.54) is 0 Å². The normalized spacial score (nSPS) is 18.4. The van der Waals surface area contributed by atoms with Crippen LogP contribution in [0, 0.1) is 5.92 Å². The Kier molecular flexibility index (Phi) is 7.73.